The van der Waals surface area contributed by atoms with Crippen LogP contribution >= 0.6 is 11.6 Å². The first-order valence-electron chi connectivity index (χ1n) is 8.42. The number of aromatic nitrogens is 1. The van der Waals surface area contributed by atoms with Gasteiger partial charge in [0.15, 0.2) is 0 Å². The Morgan fingerprint density at radius 3 is 2.50 bits per heavy atom. The highest BCUT2D eigenvalue weighted by Crippen LogP contribution is 2.29. The molecule has 0 aliphatic rings. The number of hydrogen-bond acceptors (Lipinski definition) is 4. The molecule has 1 N–H and O–H groups in total. The summed E-state index contributed by atoms with van der Waals surface area (Å²) in [5, 5.41) is 3.32. The predicted molar refractivity (Wildman–Crippen MR) is 100 cm³/mol. The van der Waals surface area contributed by atoms with Gasteiger partial charge < -0.3 is 19.4 Å². The summed E-state index contributed by atoms with van der Waals surface area (Å²) in [6.07, 6.45) is 6.49. The van der Waals surface area contributed by atoms with Crippen molar-refractivity contribution in [3.8, 4) is 11.4 Å². The number of carbonyl (C=O) groups is 2. The van der Waals surface area contributed by atoms with Crippen molar-refractivity contribution < 1.29 is 19.1 Å². The molecule has 6 nitrogen and oxygen atoms in total. The molecule has 2 aromatic rings. The topological polar surface area (TPSA) is 69.6 Å². The number of ether oxygens (including phenoxy) is 2. The lowest BCUT2D eigenvalue weighted by atomic mass is 10.1. The first-order chi connectivity index (χ1) is 12.6. The number of esters is 1. The van der Waals surface area contributed by atoms with Gasteiger partial charge in [-0.3, -0.25) is 9.59 Å². The van der Waals surface area contributed by atoms with Crippen molar-refractivity contribution in [1.82, 2.24) is 9.88 Å². The molecule has 7 heteroatoms. The van der Waals surface area contributed by atoms with Crippen LogP contribution in [0.1, 0.15) is 36.0 Å². The lowest BCUT2D eigenvalue weighted by molar-refractivity contribution is -0.140. The average Bonchev–Trinajstić information content (AvgIpc) is 3.18. The van der Waals surface area contributed by atoms with Crippen LogP contribution in [0, 0.1) is 0 Å². The Morgan fingerprint density at radius 2 is 1.85 bits per heavy atom. The molecule has 0 spiro atoms. The molecule has 0 saturated carbocycles. The van der Waals surface area contributed by atoms with E-state index in [-0.39, 0.29) is 11.9 Å². The smallest absolute Gasteiger partial charge is 0.305 e. The number of nitrogens with one attached hydrogen (secondary N) is 1. The van der Waals surface area contributed by atoms with Crippen LogP contribution in [0.3, 0.4) is 0 Å². The summed E-state index contributed by atoms with van der Waals surface area (Å²) in [5.41, 5.74) is 1.14. The van der Waals surface area contributed by atoms with E-state index in [4.69, 9.17) is 16.3 Å². The quantitative estimate of drug-likeness (QED) is 0.534. The third-order valence-electron chi connectivity index (χ3n) is 3.97. The van der Waals surface area contributed by atoms with Crippen molar-refractivity contribution in [2.24, 2.45) is 0 Å². The van der Waals surface area contributed by atoms with E-state index in [2.05, 4.69) is 10.1 Å². The first-order valence-corrected chi connectivity index (χ1v) is 8.80. The molecule has 0 saturated heterocycles. The SMILES string of the molecule is COC(=O)CCCCCNC(=O)c1cc(Cl)c(-n2cccc2)cc1OC. The van der Waals surface area contributed by atoms with E-state index in [1.807, 2.05) is 29.1 Å². The molecule has 0 radical (unpaired) electrons. The molecule has 0 unspecified atom stereocenters. The normalized spacial score (nSPS) is 10.4. The highest BCUT2D eigenvalue weighted by Gasteiger charge is 2.16. The lowest BCUT2D eigenvalue weighted by Crippen LogP contribution is -2.25. The Bertz CT molecular complexity index is 744. The minimum absolute atomic E-state index is 0.212. The first kappa shape index (κ1) is 19.8. The fourth-order valence-corrected chi connectivity index (χ4v) is 2.81. The molecule has 1 amide bonds. The van der Waals surface area contributed by atoms with E-state index in [1.54, 1.807) is 12.1 Å². The summed E-state index contributed by atoms with van der Waals surface area (Å²) in [6, 6.07) is 7.14. The minimum Gasteiger partial charge on any atom is -0.496 e. The maximum Gasteiger partial charge on any atom is 0.305 e. The van der Waals surface area contributed by atoms with Crippen molar-refractivity contribution in [3.05, 3.63) is 47.2 Å². The van der Waals surface area contributed by atoms with Crippen LogP contribution in [0.2, 0.25) is 5.02 Å². The van der Waals surface area contributed by atoms with Crippen LogP contribution in [0.15, 0.2) is 36.7 Å². The van der Waals surface area contributed by atoms with Crippen LogP contribution in [0.4, 0.5) is 0 Å². The molecule has 1 heterocycles. The van der Waals surface area contributed by atoms with Crippen molar-refractivity contribution in [2.75, 3.05) is 20.8 Å². The number of unbranched alkanes of at least 4 members (excludes halogenated alkanes) is 2. The monoisotopic (exact) mass is 378 g/mol. The zero-order valence-corrected chi connectivity index (χ0v) is 15.7. The van der Waals surface area contributed by atoms with Crippen LogP contribution in [-0.2, 0) is 9.53 Å². The summed E-state index contributed by atoms with van der Waals surface area (Å²) in [6.45, 7) is 0.514. The Labute approximate surface area is 158 Å². The van der Waals surface area contributed by atoms with Gasteiger partial charge in [-0.2, -0.15) is 0 Å². The highest BCUT2D eigenvalue weighted by molar-refractivity contribution is 6.33. The predicted octanol–water partition coefficient (Wildman–Crippen LogP) is 3.60. The van der Waals surface area contributed by atoms with Gasteiger partial charge in [0.25, 0.3) is 5.91 Å². The minimum atomic E-state index is -0.240. The summed E-state index contributed by atoms with van der Waals surface area (Å²) in [4.78, 5) is 23.5. The largest absolute Gasteiger partial charge is 0.496 e. The van der Waals surface area contributed by atoms with Gasteiger partial charge in [0.2, 0.25) is 0 Å². The second kappa shape index (κ2) is 9.87. The van der Waals surface area contributed by atoms with Gasteiger partial charge in [-0.05, 0) is 31.0 Å². The second-order valence-corrected chi connectivity index (χ2v) is 6.14. The van der Waals surface area contributed by atoms with Crippen LogP contribution in [-0.4, -0.2) is 37.2 Å². The number of carbonyl (C=O) groups excluding carboxylic acids is 2. The van der Waals surface area contributed by atoms with Crippen LogP contribution in [0.25, 0.3) is 5.69 Å². The van der Waals surface area contributed by atoms with Gasteiger partial charge in [-0.1, -0.05) is 18.0 Å². The third kappa shape index (κ3) is 5.26. The zero-order valence-electron chi connectivity index (χ0n) is 15.0. The van der Waals surface area contributed by atoms with Gasteiger partial charge in [0, 0.05) is 31.4 Å². The lowest BCUT2D eigenvalue weighted by Gasteiger charge is -2.13. The number of nitrogens with zero attached hydrogens (tertiary/aromatic N) is 1. The zero-order chi connectivity index (χ0) is 18.9. The van der Waals surface area contributed by atoms with Gasteiger partial charge in [-0.25, -0.2) is 0 Å². The van der Waals surface area contributed by atoms with Crippen LogP contribution in [0.5, 0.6) is 5.75 Å². The van der Waals surface area contributed by atoms with E-state index < -0.39 is 0 Å². The standard InChI is InChI=1S/C19H23ClN2O4/c1-25-17-13-16(22-10-6-7-11-22)15(20)12-14(17)19(24)21-9-5-3-4-8-18(23)26-2/h6-7,10-13H,3-5,8-9H2,1-2H3,(H,21,24). The van der Waals surface area contributed by atoms with Crippen molar-refractivity contribution in [3.63, 3.8) is 0 Å². The van der Waals surface area contributed by atoms with Crippen molar-refractivity contribution in [1.29, 1.82) is 0 Å². The summed E-state index contributed by atoms with van der Waals surface area (Å²) >= 11 is 6.34. The fraction of sp³-hybridized carbons (Fsp3) is 0.368. The summed E-state index contributed by atoms with van der Waals surface area (Å²) < 4.78 is 11.8. The average molecular weight is 379 g/mol. The molecule has 140 valence electrons. The summed E-state index contributed by atoms with van der Waals surface area (Å²) in [7, 11) is 2.90. The van der Waals surface area contributed by atoms with Gasteiger partial charge in [-0.15, -0.1) is 0 Å². The molecule has 26 heavy (non-hydrogen) atoms. The number of benzene rings is 1. The molecule has 0 atom stereocenters. The maximum absolute atomic E-state index is 12.4. The molecular weight excluding hydrogens is 356 g/mol. The number of halogens is 1. The number of amides is 1. The molecule has 0 fully saturated rings. The van der Waals surface area contributed by atoms with Gasteiger partial charge in [0.1, 0.15) is 5.75 Å². The second-order valence-electron chi connectivity index (χ2n) is 5.74. The number of rotatable bonds is 9. The Hall–Kier alpha value is -2.47. The van der Waals surface area contributed by atoms with E-state index in [9.17, 15) is 9.59 Å². The van der Waals surface area contributed by atoms with Gasteiger partial charge in [0.05, 0.1) is 30.5 Å². The number of methoxy groups -OCH3 is 2. The Morgan fingerprint density at radius 1 is 1.12 bits per heavy atom. The van der Waals surface area contributed by atoms with Crippen molar-refractivity contribution >= 4 is 23.5 Å². The molecule has 0 bridgehead atoms. The van der Waals surface area contributed by atoms with Crippen molar-refractivity contribution in [2.45, 2.75) is 25.7 Å². The van der Waals surface area contributed by atoms with Crippen LogP contribution < -0.4 is 10.1 Å². The fourth-order valence-electron chi connectivity index (χ4n) is 2.55. The maximum atomic E-state index is 12.4. The summed E-state index contributed by atoms with van der Waals surface area (Å²) in [5.74, 6) is 0.00765. The Kier molecular flexibility index (Phi) is 7.53. The molecular formula is C19H23ClN2O4. The molecule has 1 aromatic carbocycles. The Balaban J connectivity index is 1.94. The van der Waals surface area contributed by atoms with E-state index >= 15 is 0 Å². The van der Waals surface area contributed by atoms with E-state index in [0.717, 1.165) is 24.9 Å². The number of hydrogen-bond donors (Lipinski definition) is 1. The highest BCUT2D eigenvalue weighted by atomic mass is 35.5. The van der Waals surface area contributed by atoms with E-state index in [0.29, 0.717) is 29.3 Å². The molecule has 0 aliphatic heterocycles. The molecule has 0 aliphatic carbocycles. The van der Waals surface area contributed by atoms with E-state index in [1.165, 1.54) is 14.2 Å². The van der Waals surface area contributed by atoms with Gasteiger partial charge >= 0.3 is 5.97 Å². The molecule has 1 aromatic heterocycles. The molecule has 2 rings (SSSR count). The third-order valence-corrected chi connectivity index (χ3v) is 4.27.